The maximum Gasteiger partial charge on any atom is 0.343 e. The van der Waals surface area contributed by atoms with Crippen molar-refractivity contribution < 1.29 is 23.1 Å². The Labute approximate surface area is 157 Å². The quantitative estimate of drug-likeness (QED) is 0.194. The summed E-state index contributed by atoms with van der Waals surface area (Å²) in [6.07, 6.45) is 0.960. The number of nitrogens with zero attached hydrogens (tertiary/aromatic N) is 1. The summed E-state index contributed by atoms with van der Waals surface area (Å²) < 4.78 is 31.5. The lowest BCUT2D eigenvalue weighted by Crippen LogP contribution is -2.18. The van der Waals surface area contributed by atoms with Crippen LogP contribution in [0.5, 0.6) is 0 Å². The second kappa shape index (κ2) is 8.73. The van der Waals surface area contributed by atoms with Gasteiger partial charge in [-0.05, 0) is 31.2 Å². The van der Waals surface area contributed by atoms with Crippen LogP contribution in [0, 0.1) is 11.6 Å². The maximum absolute atomic E-state index is 13.7. The first-order valence-electron chi connectivity index (χ1n) is 7.29. The number of benzene rings is 1. The van der Waals surface area contributed by atoms with E-state index in [1.807, 2.05) is 0 Å². The van der Waals surface area contributed by atoms with Gasteiger partial charge in [-0.1, -0.05) is 23.2 Å². The van der Waals surface area contributed by atoms with Crippen LogP contribution in [0.25, 0.3) is 0 Å². The number of nitrogens with one attached hydrogen (secondary N) is 1. The number of ketones is 1. The molecule has 1 aromatic heterocycles. The van der Waals surface area contributed by atoms with Crippen molar-refractivity contribution in [3.05, 3.63) is 69.6 Å². The minimum Gasteiger partial charge on any atom is -0.462 e. The summed E-state index contributed by atoms with van der Waals surface area (Å²) in [5, 5.41) is 2.31. The summed E-state index contributed by atoms with van der Waals surface area (Å²) in [4.78, 5) is 28.5. The summed E-state index contributed by atoms with van der Waals surface area (Å²) >= 11 is 11.6. The Kier molecular flexibility index (Phi) is 6.65. The minimum absolute atomic E-state index is 0.0148. The zero-order valence-electron chi connectivity index (χ0n) is 13.4. The molecule has 0 spiro atoms. The highest BCUT2D eigenvalue weighted by atomic mass is 35.5. The van der Waals surface area contributed by atoms with Crippen LogP contribution in [0.3, 0.4) is 0 Å². The largest absolute Gasteiger partial charge is 0.462 e. The summed E-state index contributed by atoms with van der Waals surface area (Å²) in [5.74, 6) is -3.41. The molecule has 0 fully saturated rings. The maximum atomic E-state index is 13.7. The van der Waals surface area contributed by atoms with E-state index in [-0.39, 0.29) is 28.2 Å². The lowest BCUT2D eigenvalue weighted by atomic mass is 10.1. The zero-order chi connectivity index (χ0) is 19.3. The molecule has 2 aromatic rings. The first-order chi connectivity index (χ1) is 12.3. The van der Waals surface area contributed by atoms with Crippen LogP contribution in [0.15, 0.2) is 42.1 Å². The van der Waals surface area contributed by atoms with Crippen molar-refractivity contribution in [3.8, 4) is 0 Å². The second-order valence-corrected chi connectivity index (χ2v) is 5.59. The zero-order valence-corrected chi connectivity index (χ0v) is 14.9. The highest BCUT2D eigenvalue weighted by molar-refractivity contribution is 6.37. The fourth-order valence-corrected chi connectivity index (χ4v) is 2.34. The van der Waals surface area contributed by atoms with E-state index in [0.717, 1.165) is 18.3 Å². The minimum atomic E-state index is -0.946. The van der Waals surface area contributed by atoms with Crippen molar-refractivity contribution in [2.45, 2.75) is 6.92 Å². The molecule has 0 unspecified atom stereocenters. The van der Waals surface area contributed by atoms with E-state index in [1.54, 1.807) is 6.92 Å². The molecular weight excluding hydrogens is 389 g/mol. The summed E-state index contributed by atoms with van der Waals surface area (Å²) in [5.41, 5.74) is -0.667. The van der Waals surface area contributed by atoms with Gasteiger partial charge in [0.15, 0.2) is 0 Å². The number of aromatic nitrogens is 1. The lowest BCUT2D eigenvalue weighted by molar-refractivity contribution is -0.138. The van der Waals surface area contributed by atoms with E-state index < -0.39 is 29.0 Å². The highest BCUT2D eigenvalue weighted by Crippen LogP contribution is 2.21. The summed E-state index contributed by atoms with van der Waals surface area (Å²) in [7, 11) is 0. The lowest BCUT2D eigenvalue weighted by Gasteiger charge is -2.09. The average molecular weight is 401 g/mol. The van der Waals surface area contributed by atoms with Crippen molar-refractivity contribution in [3.63, 3.8) is 0 Å². The van der Waals surface area contributed by atoms with Gasteiger partial charge < -0.3 is 10.1 Å². The van der Waals surface area contributed by atoms with Crippen LogP contribution < -0.4 is 5.32 Å². The number of carbonyl (C=O) groups excluding carboxylic acids is 2. The Balaban J connectivity index is 2.39. The third kappa shape index (κ3) is 4.77. The molecule has 0 bridgehead atoms. The van der Waals surface area contributed by atoms with Crippen LogP contribution in [0.4, 0.5) is 14.5 Å². The molecule has 2 rings (SSSR count). The molecular formula is C17H12Cl2F2N2O3. The SMILES string of the molecule is CCOC(=O)/C(=C\Nc1ccc(F)cc1F)C(=O)c1ccc(Cl)nc1Cl. The molecule has 0 radical (unpaired) electrons. The topological polar surface area (TPSA) is 68.3 Å². The Morgan fingerprint density at radius 2 is 1.96 bits per heavy atom. The van der Waals surface area contributed by atoms with Crippen LogP contribution in [0.1, 0.15) is 17.3 Å². The molecule has 26 heavy (non-hydrogen) atoms. The van der Waals surface area contributed by atoms with Crippen LogP contribution >= 0.6 is 23.2 Å². The third-order valence-electron chi connectivity index (χ3n) is 3.10. The number of hydrogen-bond donors (Lipinski definition) is 1. The Hall–Kier alpha value is -2.51. The van der Waals surface area contributed by atoms with Crippen LogP contribution in [0.2, 0.25) is 10.3 Å². The standard InChI is InChI=1S/C17H12Cl2F2N2O3/c1-2-26-17(25)11(8-22-13-5-3-9(20)7-12(13)21)15(24)10-4-6-14(18)23-16(10)19/h3-8,22H,2H2,1H3/b11-8-. The molecule has 0 saturated heterocycles. The number of ether oxygens (including phenoxy) is 1. The molecule has 0 aliphatic carbocycles. The number of esters is 1. The van der Waals surface area contributed by atoms with E-state index in [9.17, 15) is 18.4 Å². The van der Waals surface area contributed by atoms with E-state index in [1.165, 1.54) is 12.1 Å². The number of Topliss-reactive ketones (excluding diaryl/α,β-unsaturated/α-hetero) is 1. The van der Waals surface area contributed by atoms with Gasteiger partial charge in [0, 0.05) is 12.3 Å². The van der Waals surface area contributed by atoms with Gasteiger partial charge in [0.1, 0.15) is 27.5 Å². The molecule has 0 atom stereocenters. The Morgan fingerprint density at radius 1 is 1.23 bits per heavy atom. The number of rotatable bonds is 6. The Morgan fingerprint density at radius 3 is 2.58 bits per heavy atom. The van der Waals surface area contributed by atoms with Gasteiger partial charge in [-0.3, -0.25) is 4.79 Å². The first kappa shape index (κ1) is 19.8. The summed E-state index contributed by atoms with van der Waals surface area (Å²) in [6, 6.07) is 5.42. The normalized spacial score (nSPS) is 11.2. The van der Waals surface area contributed by atoms with Gasteiger partial charge in [-0.2, -0.15) is 0 Å². The molecule has 5 nitrogen and oxygen atoms in total. The molecule has 136 valence electrons. The third-order valence-corrected chi connectivity index (χ3v) is 3.60. The predicted octanol–water partition coefficient (Wildman–Crippen LogP) is 4.41. The average Bonchev–Trinajstić information content (AvgIpc) is 2.56. The van der Waals surface area contributed by atoms with Crippen LogP contribution in [-0.4, -0.2) is 23.3 Å². The Bertz CT molecular complexity index is 888. The second-order valence-electron chi connectivity index (χ2n) is 4.85. The number of carbonyl (C=O) groups is 2. The van der Waals surface area contributed by atoms with E-state index in [2.05, 4.69) is 10.3 Å². The molecule has 0 amide bonds. The van der Waals surface area contributed by atoms with Crippen molar-refractivity contribution >= 4 is 40.6 Å². The van der Waals surface area contributed by atoms with Gasteiger partial charge in [-0.15, -0.1) is 0 Å². The van der Waals surface area contributed by atoms with E-state index in [0.29, 0.717) is 6.07 Å². The molecule has 0 aliphatic heterocycles. The van der Waals surface area contributed by atoms with Crippen molar-refractivity contribution in [1.29, 1.82) is 0 Å². The molecule has 1 aromatic carbocycles. The smallest absolute Gasteiger partial charge is 0.343 e. The van der Waals surface area contributed by atoms with Crippen molar-refractivity contribution in [2.24, 2.45) is 0 Å². The van der Waals surface area contributed by atoms with Crippen LogP contribution in [-0.2, 0) is 9.53 Å². The molecule has 0 saturated carbocycles. The van der Waals surface area contributed by atoms with Gasteiger partial charge in [0.2, 0.25) is 5.78 Å². The van der Waals surface area contributed by atoms with E-state index in [4.69, 9.17) is 27.9 Å². The molecule has 0 aliphatic rings. The predicted molar refractivity (Wildman–Crippen MR) is 93.3 cm³/mol. The van der Waals surface area contributed by atoms with Gasteiger partial charge in [0.05, 0.1) is 17.9 Å². The molecule has 1 heterocycles. The summed E-state index contributed by atoms with van der Waals surface area (Å²) in [6.45, 7) is 1.57. The molecule has 1 N–H and O–H groups in total. The fraction of sp³-hybridized carbons (Fsp3) is 0.118. The van der Waals surface area contributed by atoms with Gasteiger partial charge in [0.25, 0.3) is 0 Å². The van der Waals surface area contributed by atoms with Gasteiger partial charge in [-0.25, -0.2) is 18.6 Å². The van der Waals surface area contributed by atoms with Gasteiger partial charge >= 0.3 is 5.97 Å². The number of halogens is 4. The number of pyridine rings is 1. The molecule has 9 heteroatoms. The van der Waals surface area contributed by atoms with Crippen molar-refractivity contribution in [2.75, 3.05) is 11.9 Å². The number of anilines is 1. The van der Waals surface area contributed by atoms with E-state index >= 15 is 0 Å². The van der Waals surface area contributed by atoms with Crippen molar-refractivity contribution in [1.82, 2.24) is 4.98 Å². The monoisotopic (exact) mass is 400 g/mol. The highest BCUT2D eigenvalue weighted by Gasteiger charge is 2.24. The fourth-order valence-electron chi connectivity index (χ4n) is 1.91. The first-order valence-corrected chi connectivity index (χ1v) is 8.04. The number of hydrogen-bond acceptors (Lipinski definition) is 5.